The van der Waals surface area contributed by atoms with E-state index in [0.29, 0.717) is 25.3 Å². The fourth-order valence-corrected chi connectivity index (χ4v) is 3.07. The number of aryl methyl sites for hydroxylation is 1. The second-order valence-electron chi connectivity index (χ2n) is 6.00. The number of aliphatic carboxylic acids is 1. The molecule has 1 fully saturated rings. The summed E-state index contributed by atoms with van der Waals surface area (Å²) in [5.41, 5.74) is 2.21. The molecule has 2 N–H and O–H groups in total. The van der Waals surface area contributed by atoms with Gasteiger partial charge in [-0.05, 0) is 31.2 Å². The Kier molecular flexibility index (Phi) is 4.99. The van der Waals surface area contributed by atoms with E-state index in [0.717, 1.165) is 12.0 Å². The minimum atomic E-state index is -0.846. The summed E-state index contributed by atoms with van der Waals surface area (Å²) in [6, 6.07) is 7.97. The molecule has 3 unspecified atom stereocenters. The van der Waals surface area contributed by atoms with Crippen molar-refractivity contribution in [2.24, 2.45) is 17.8 Å². The number of hydrogen-bond donors (Lipinski definition) is 2. The van der Waals surface area contributed by atoms with E-state index in [4.69, 9.17) is 0 Å². The third-order valence-corrected chi connectivity index (χ3v) is 4.48. The van der Waals surface area contributed by atoms with Crippen LogP contribution in [-0.4, -0.2) is 17.0 Å². The highest BCUT2D eigenvalue weighted by Crippen LogP contribution is 2.38. The van der Waals surface area contributed by atoms with E-state index in [2.05, 4.69) is 12.2 Å². The SMILES string of the molecule is CCC1CC(C(=O)O)C(C(=O)NCc2ccc(C)cc2)C1. The molecule has 2 rings (SSSR count). The number of carboxylic acid groups (broad SMARTS) is 1. The number of benzene rings is 1. The molecule has 0 heterocycles. The van der Waals surface area contributed by atoms with Gasteiger partial charge in [-0.15, -0.1) is 0 Å². The summed E-state index contributed by atoms with van der Waals surface area (Å²) in [7, 11) is 0. The molecule has 1 aromatic carbocycles. The molecule has 1 aromatic rings. The molecular formula is C17H23NO3. The molecule has 1 amide bonds. The van der Waals surface area contributed by atoms with Gasteiger partial charge >= 0.3 is 5.97 Å². The molecule has 0 radical (unpaired) electrons. The Morgan fingerprint density at radius 2 is 1.81 bits per heavy atom. The van der Waals surface area contributed by atoms with Gasteiger partial charge in [-0.1, -0.05) is 43.2 Å². The first-order valence-electron chi connectivity index (χ1n) is 7.57. The molecule has 4 heteroatoms. The molecule has 0 aromatic heterocycles. The first-order chi connectivity index (χ1) is 10.0. The molecular weight excluding hydrogens is 266 g/mol. The Hall–Kier alpha value is -1.84. The van der Waals surface area contributed by atoms with E-state index in [1.165, 1.54) is 5.56 Å². The van der Waals surface area contributed by atoms with Crippen LogP contribution in [0.2, 0.25) is 0 Å². The summed E-state index contributed by atoms with van der Waals surface area (Å²) in [5, 5.41) is 12.2. The van der Waals surface area contributed by atoms with Crippen molar-refractivity contribution in [3.05, 3.63) is 35.4 Å². The van der Waals surface area contributed by atoms with Crippen LogP contribution in [0.1, 0.15) is 37.3 Å². The molecule has 21 heavy (non-hydrogen) atoms. The van der Waals surface area contributed by atoms with Crippen molar-refractivity contribution in [1.29, 1.82) is 0 Å². The molecule has 1 aliphatic rings. The number of carbonyl (C=O) groups excluding carboxylic acids is 1. The van der Waals surface area contributed by atoms with Crippen LogP contribution in [0.25, 0.3) is 0 Å². The van der Waals surface area contributed by atoms with Crippen LogP contribution < -0.4 is 5.32 Å². The zero-order valence-corrected chi connectivity index (χ0v) is 12.6. The van der Waals surface area contributed by atoms with Gasteiger partial charge in [0.05, 0.1) is 11.8 Å². The zero-order valence-electron chi connectivity index (χ0n) is 12.6. The Labute approximate surface area is 125 Å². The van der Waals surface area contributed by atoms with Crippen molar-refractivity contribution < 1.29 is 14.7 Å². The average Bonchev–Trinajstić information content (AvgIpc) is 2.91. The van der Waals surface area contributed by atoms with Crippen molar-refractivity contribution in [2.45, 2.75) is 39.7 Å². The highest BCUT2D eigenvalue weighted by atomic mass is 16.4. The summed E-state index contributed by atoms with van der Waals surface area (Å²) >= 11 is 0. The van der Waals surface area contributed by atoms with Crippen LogP contribution in [0, 0.1) is 24.7 Å². The first kappa shape index (κ1) is 15.5. The molecule has 0 saturated heterocycles. The molecule has 0 bridgehead atoms. The van der Waals surface area contributed by atoms with E-state index >= 15 is 0 Å². The van der Waals surface area contributed by atoms with Gasteiger partial charge in [0, 0.05) is 6.54 Å². The summed E-state index contributed by atoms with van der Waals surface area (Å²) in [5.74, 6) is -1.55. The van der Waals surface area contributed by atoms with Crippen molar-refractivity contribution >= 4 is 11.9 Å². The lowest BCUT2D eigenvalue weighted by atomic mass is 9.95. The van der Waals surface area contributed by atoms with E-state index in [9.17, 15) is 14.7 Å². The van der Waals surface area contributed by atoms with Crippen molar-refractivity contribution in [3.8, 4) is 0 Å². The fourth-order valence-electron chi connectivity index (χ4n) is 3.07. The summed E-state index contributed by atoms with van der Waals surface area (Å²) < 4.78 is 0. The maximum absolute atomic E-state index is 12.3. The lowest BCUT2D eigenvalue weighted by Crippen LogP contribution is -2.34. The predicted molar refractivity (Wildman–Crippen MR) is 80.7 cm³/mol. The van der Waals surface area contributed by atoms with Gasteiger partial charge in [0.1, 0.15) is 0 Å². The van der Waals surface area contributed by atoms with Gasteiger partial charge < -0.3 is 10.4 Å². The van der Waals surface area contributed by atoms with Gasteiger partial charge in [-0.25, -0.2) is 0 Å². The quantitative estimate of drug-likeness (QED) is 0.876. The maximum Gasteiger partial charge on any atom is 0.307 e. The molecule has 114 valence electrons. The Bertz CT molecular complexity index is 509. The topological polar surface area (TPSA) is 66.4 Å². The number of carbonyl (C=O) groups is 2. The number of rotatable bonds is 5. The summed E-state index contributed by atoms with van der Waals surface area (Å²) in [6.07, 6.45) is 2.24. The second-order valence-corrected chi connectivity index (χ2v) is 6.00. The average molecular weight is 289 g/mol. The Balaban J connectivity index is 1.95. The third-order valence-electron chi connectivity index (χ3n) is 4.48. The second kappa shape index (κ2) is 6.74. The largest absolute Gasteiger partial charge is 0.481 e. The third kappa shape index (κ3) is 3.84. The van der Waals surface area contributed by atoms with Gasteiger partial charge in [0.25, 0.3) is 0 Å². The molecule has 0 spiro atoms. The molecule has 1 aliphatic carbocycles. The first-order valence-corrected chi connectivity index (χ1v) is 7.57. The van der Waals surface area contributed by atoms with Crippen molar-refractivity contribution in [1.82, 2.24) is 5.32 Å². The summed E-state index contributed by atoms with van der Waals surface area (Å²) in [6.45, 7) is 4.53. The van der Waals surface area contributed by atoms with Crippen LogP contribution in [0.5, 0.6) is 0 Å². The maximum atomic E-state index is 12.3. The van der Waals surface area contributed by atoms with Gasteiger partial charge in [0.15, 0.2) is 0 Å². The monoisotopic (exact) mass is 289 g/mol. The van der Waals surface area contributed by atoms with Crippen molar-refractivity contribution in [2.75, 3.05) is 0 Å². The van der Waals surface area contributed by atoms with Crippen LogP contribution in [-0.2, 0) is 16.1 Å². The predicted octanol–water partition coefficient (Wildman–Crippen LogP) is 2.75. The number of carboxylic acids is 1. The summed E-state index contributed by atoms with van der Waals surface area (Å²) in [4.78, 5) is 23.6. The van der Waals surface area contributed by atoms with Crippen LogP contribution in [0.3, 0.4) is 0 Å². The van der Waals surface area contributed by atoms with E-state index in [-0.39, 0.29) is 5.91 Å². The number of amides is 1. The van der Waals surface area contributed by atoms with E-state index in [1.54, 1.807) is 0 Å². The minimum absolute atomic E-state index is 0.126. The highest BCUT2D eigenvalue weighted by molar-refractivity contribution is 5.85. The molecule has 3 atom stereocenters. The smallest absolute Gasteiger partial charge is 0.307 e. The van der Waals surface area contributed by atoms with Crippen LogP contribution in [0.4, 0.5) is 0 Å². The minimum Gasteiger partial charge on any atom is -0.481 e. The van der Waals surface area contributed by atoms with Crippen molar-refractivity contribution in [3.63, 3.8) is 0 Å². The van der Waals surface area contributed by atoms with Crippen LogP contribution >= 0.6 is 0 Å². The molecule has 1 saturated carbocycles. The molecule has 0 aliphatic heterocycles. The molecule has 4 nitrogen and oxygen atoms in total. The lowest BCUT2D eigenvalue weighted by molar-refractivity contribution is -0.146. The Morgan fingerprint density at radius 3 is 2.38 bits per heavy atom. The van der Waals surface area contributed by atoms with Crippen LogP contribution in [0.15, 0.2) is 24.3 Å². The van der Waals surface area contributed by atoms with Gasteiger partial charge in [0.2, 0.25) is 5.91 Å². The Morgan fingerprint density at radius 1 is 1.19 bits per heavy atom. The van der Waals surface area contributed by atoms with E-state index < -0.39 is 17.8 Å². The normalized spacial score (nSPS) is 24.8. The number of nitrogens with one attached hydrogen (secondary N) is 1. The highest BCUT2D eigenvalue weighted by Gasteiger charge is 2.41. The van der Waals surface area contributed by atoms with Gasteiger partial charge in [-0.2, -0.15) is 0 Å². The fraction of sp³-hybridized carbons (Fsp3) is 0.529. The van der Waals surface area contributed by atoms with E-state index in [1.807, 2.05) is 31.2 Å². The van der Waals surface area contributed by atoms with Gasteiger partial charge in [-0.3, -0.25) is 9.59 Å². The zero-order chi connectivity index (χ0) is 15.4. The standard InChI is InChI=1S/C17H23NO3/c1-3-12-8-14(15(9-12)17(20)21)16(19)18-10-13-6-4-11(2)5-7-13/h4-7,12,14-15H,3,8-10H2,1-2H3,(H,18,19)(H,20,21). The lowest BCUT2D eigenvalue weighted by Gasteiger charge is -2.15. The number of hydrogen-bond acceptors (Lipinski definition) is 2.